The highest BCUT2D eigenvalue weighted by atomic mass is 79.9. The normalized spacial score (nSPS) is 13.8. The van der Waals surface area contributed by atoms with Crippen LogP contribution in [0.4, 0.5) is 0 Å². The van der Waals surface area contributed by atoms with E-state index in [1.54, 1.807) is 30.3 Å². The van der Waals surface area contributed by atoms with Crippen molar-refractivity contribution in [3.05, 3.63) is 57.2 Å². The molecule has 0 aliphatic carbocycles. The van der Waals surface area contributed by atoms with E-state index >= 15 is 0 Å². The summed E-state index contributed by atoms with van der Waals surface area (Å²) < 4.78 is 20.1. The fourth-order valence-electron chi connectivity index (χ4n) is 2.85. The maximum absolute atomic E-state index is 13.9. The van der Waals surface area contributed by atoms with Crippen LogP contribution in [-0.2, 0) is 9.09 Å². The average molecular weight is 442 g/mol. The number of hydrogen-bond donors (Lipinski definition) is 2. The van der Waals surface area contributed by atoms with Crippen molar-refractivity contribution in [1.29, 1.82) is 0 Å². The molecule has 3 N–H and O–H groups in total. The molecule has 0 aliphatic rings. The Labute approximate surface area is 158 Å². The number of benzene rings is 2. The number of carbonyl (C=O) groups is 1. The first-order valence-electron chi connectivity index (χ1n) is 7.31. The second-order valence-corrected chi connectivity index (χ2v) is 9.41. The Bertz CT molecular complexity index is 1030. The van der Waals surface area contributed by atoms with Gasteiger partial charge < -0.3 is 15.2 Å². The van der Waals surface area contributed by atoms with Crippen molar-refractivity contribution in [3.63, 3.8) is 0 Å². The Morgan fingerprint density at radius 1 is 1.28 bits per heavy atom. The summed E-state index contributed by atoms with van der Waals surface area (Å²) in [6.07, 6.45) is 0. The number of nitrogens with one attached hydrogen (secondary N) is 1. The van der Waals surface area contributed by atoms with E-state index in [4.69, 9.17) is 21.9 Å². The number of halogens is 2. The average Bonchev–Trinajstić information content (AvgIpc) is 2.92. The van der Waals surface area contributed by atoms with Gasteiger partial charge in [-0.05, 0) is 48.9 Å². The Morgan fingerprint density at radius 2 is 2.00 bits per heavy atom. The quantitative estimate of drug-likeness (QED) is 0.603. The first-order chi connectivity index (χ1) is 11.8. The molecule has 8 heteroatoms. The molecule has 5 nitrogen and oxygen atoms in total. The summed E-state index contributed by atoms with van der Waals surface area (Å²) in [5.41, 5.74) is 7.08. The molecular formula is C17H15BrClN2O3P. The predicted octanol–water partition coefficient (Wildman–Crippen LogP) is 3.87. The summed E-state index contributed by atoms with van der Waals surface area (Å²) in [6.45, 7) is 1.88. The zero-order chi connectivity index (χ0) is 18.4. The summed E-state index contributed by atoms with van der Waals surface area (Å²) in [4.78, 5) is 14.9. The molecule has 0 bridgehead atoms. The number of H-pyrrole nitrogens is 1. The van der Waals surface area contributed by atoms with Crippen LogP contribution in [0.1, 0.15) is 16.1 Å². The largest absolute Gasteiger partial charge is 0.364 e. The van der Waals surface area contributed by atoms with Crippen LogP contribution in [0.5, 0.6) is 0 Å². The molecule has 130 valence electrons. The number of aryl methyl sites for hydroxylation is 1. The molecule has 0 radical (unpaired) electrons. The van der Waals surface area contributed by atoms with Crippen molar-refractivity contribution in [1.82, 2.24) is 4.98 Å². The second-order valence-electron chi connectivity index (χ2n) is 5.62. The molecule has 0 fully saturated rings. The number of fused-ring (bicyclic) bond motifs is 1. The summed E-state index contributed by atoms with van der Waals surface area (Å²) >= 11 is 9.51. The van der Waals surface area contributed by atoms with Gasteiger partial charge in [-0.1, -0.05) is 27.5 Å². The third kappa shape index (κ3) is 3.15. The zero-order valence-electron chi connectivity index (χ0n) is 13.5. The highest BCUT2D eigenvalue weighted by molar-refractivity contribution is 9.10. The molecule has 0 saturated heterocycles. The maximum atomic E-state index is 13.9. The van der Waals surface area contributed by atoms with Crippen LogP contribution < -0.4 is 16.3 Å². The van der Waals surface area contributed by atoms with E-state index in [1.165, 1.54) is 7.11 Å². The maximum Gasteiger partial charge on any atom is 0.266 e. The Morgan fingerprint density at radius 3 is 2.60 bits per heavy atom. The van der Waals surface area contributed by atoms with E-state index in [0.717, 1.165) is 10.0 Å². The molecule has 1 amide bonds. The molecule has 1 atom stereocenters. The molecular weight excluding hydrogens is 427 g/mol. The molecule has 0 spiro atoms. The summed E-state index contributed by atoms with van der Waals surface area (Å²) in [6, 6.07) is 10.4. The van der Waals surface area contributed by atoms with Crippen molar-refractivity contribution in [2.24, 2.45) is 5.73 Å². The van der Waals surface area contributed by atoms with E-state index in [2.05, 4.69) is 20.9 Å². The first-order valence-corrected chi connectivity index (χ1v) is 10.1. The zero-order valence-corrected chi connectivity index (χ0v) is 16.7. The molecule has 25 heavy (non-hydrogen) atoms. The lowest BCUT2D eigenvalue weighted by atomic mass is 10.2. The Balaban J connectivity index is 2.42. The summed E-state index contributed by atoms with van der Waals surface area (Å²) in [5.74, 6) is -0.716. The van der Waals surface area contributed by atoms with Crippen molar-refractivity contribution in [2.45, 2.75) is 6.92 Å². The van der Waals surface area contributed by atoms with E-state index in [9.17, 15) is 9.36 Å². The molecule has 1 unspecified atom stereocenters. The fraction of sp³-hybridized carbons (Fsp3) is 0.118. The lowest BCUT2D eigenvalue weighted by Crippen LogP contribution is -2.26. The lowest BCUT2D eigenvalue weighted by molar-refractivity contribution is 0.0997. The summed E-state index contributed by atoms with van der Waals surface area (Å²) in [7, 11) is -2.24. The van der Waals surface area contributed by atoms with Gasteiger partial charge in [0.2, 0.25) is 0 Å². The predicted molar refractivity (Wildman–Crippen MR) is 105 cm³/mol. The van der Waals surface area contributed by atoms with Crippen LogP contribution in [-0.4, -0.2) is 18.0 Å². The van der Waals surface area contributed by atoms with Crippen molar-refractivity contribution < 1.29 is 13.9 Å². The number of carbonyl (C=O) groups excluding carboxylic acids is 1. The SMILES string of the molecule is COP(=O)(c1cc(C)cc(Br)c1)c1c(C(N)=O)[nH]c2ccc(Cl)cc12. The topological polar surface area (TPSA) is 85.2 Å². The number of hydrogen-bond acceptors (Lipinski definition) is 3. The van der Waals surface area contributed by atoms with Gasteiger partial charge in [0.25, 0.3) is 13.3 Å². The minimum Gasteiger partial charge on any atom is -0.364 e. The van der Waals surface area contributed by atoms with Gasteiger partial charge in [0.05, 0.1) is 5.30 Å². The number of amides is 1. The second kappa shape index (κ2) is 6.61. The third-order valence-corrected chi connectivity index (χ3v) is 7.10. The molecule has 1 aromatic heterocycles. The number of rotatable bonds is 4. The minimum atomic E-state index is -3.59. The number of nitrogens with two attached hydrogens (primary N) is 1. The van der Waals surface area contributed by atoms with Crippen LogP contribution in [0, 0.1) is 6.92 Å². The van der Waals surface area contributed by atoms with E-state index in [-0.39, 0.29) is 11.0 Å². The Kier molecular flexibility index (Phi) is 4.82. The highest BCUT2D eigenvalue weighted by Crippen LogP contribution is 2.47. The molecule has 1 heterocycles. The van der Waals surface area contributed by atoms with Crippen LogP contribution in [0.15, 0.2) is 40.9 Å². The van der Waals surface area contributed by atoms with Gasteiger partial charge in [0.1, 0.15) is 5.69 Å². The first kappa shape index (κ1) is 18.2. The van der Waals surface area contributed by atoms with Crippen LogP contribution in [0.3, 0.4) is 0 Å². The minimum absolute atomic E-state index is 0.0556. The molecule has 0 saturated carbocycles. The highest BCUT2D eigenvalue weighted by Gasteiger charge is 2.35. The van der Waals surface area contributed by atoms with E-state index in [0.29, 0.717) is 21.2 Å². The summed E-state index contributed by atoms with van der Waals surface area (Å²) in [5, 5.41) is 1.70. The molecule has 3 rings (SSSR count). The molecule has 2 aromatic carbocycles. The van der Waals surface area contributed by atoms with Gasteiger partial charge in [0, 0.05) is 32.8 Å². The third-order valence-electron chi connectivity index (χ3n) is 3.90. The van der Waals surface area contributed by atoms with Gasteiger partial charge in [-0.2, -0.15) is 0 Å². The van der Waals surface area contributed by atoms with Crippen molar-refractivity contribution in [2.75, 3.05) is 7.11 Å². The Hall–Kier alpha value is -1.59. The fourth-order valence-corrected chi connectivity index (χ4v) is 6.10. The number of aromatic amines is 1. The monoisotopic (exact) mass is 440 g/mol. The van der Waals surface area contributed by atoms with Crippen LogP contribution >= 0.6 is 34.9 Å². The van der Waals surface area contributed by atoms with Crippen LogP contribution in [0.2, 0.25) is 5.02 Å². The van der Waals surface area contributed by atoms with Crippen LogP contribution in [0.25, 0.3) is 10.9 Å². The van der Waals surface area contributed by atoms with Gasteiger partial charge >= 0.3 is 0 Å². The van der Waals surface area contributed by atoms with Crippen molar-refractivity contribution in [3.8, 4) is 0 Å². The number of primary amides is 1. The number of aromatic nitrogens is 1. The van der Waals surface area contributed by atoms with Gasteiger partial charge in [-0.15, -0.1) is 0 Å². The van der Waals surface area contributed by atoms with Crippen molar-refractivity contribution >= 4 is 62.3 Å². The lowest BCUT2D eigenvalue weighted by Gasteiger charge is -2.18. The molecule has 0 aliphatic heterocycles. The smallest absolute Gasteiger partial charge is 0.266 e. The standard InChI is InChI=1S/C17H15BrClN2O3P/c1-9-5-10(18)7-12(6-9)25(23,24-2)16-13-8-11(19)3-4-14(13)21-15(16)17(20)22/h3-8,21H,1-2H3,(H2,20,22). The van der Waals surface area contributed by atoms with Gasteiger partial charge in [-0.3, -0.25) is 9.36 Å². The molecule has 3 aromatic rings. The van der Waals surface area contributed by atoms with E-state index < -0.39 is 13.3 Å². The van der Waals surface area contributed by atoms with Gasteiger partial charge in [-0.25, -0.2) is 0 Å². The van der Waals surface area contributed by atoms with E-state index in [1.807, 2.05) is 13.0 Å². The van der Waals surface area contributed by atoms with Gasteiger partial charge in [0.15, 0.2) is 0 Å².